The van der Waals surface area contributed by atoms with Crippen LogP contribution in [0, 0.1) is 11.3 Å². The Kier molecular flexibility index (Phi) is 8.10. The number of carbonyl (C=O) groups is 1. The van der Waals surface area contributed by atoms with Crippen molar-refractivity contribution >= 4 is 17.7 Å². The summed E-state index contributed by atoms with van der Waals surface area (Å²) in [5.74, 6) is 0.759. The van der Waals surface area contributed by atoms with Gasteiger partial charge in [0.2, 0.25) is 5.91 Å². The maximum atomic E-state index is 12.2. The van der Waals surface area contributed by atoms with E-state index >= 15 is 0 Å². The SMILES string of the molecule is CSC1CCC(NC(=O)CCC(CCN)C(C)(C)C)CC1. The Morgan fingerprint density at radius 1 is 1.24 bits per heavy atom. The summed E-state index contributed by atoms with van der Waals surface area (Å²) >= 11 is 1.96. The Balaban J connectivity index is 2.30. The Morgan fingerprint density at radius 3 is 2.33 bits per heavy atom. The topological polar surface area (TPSA) is 55.1 Å². The molecule has 0 heterocycles. The zero-order valence-electron chi connectivity index (χ0n) is 14.3. The van der Waals surface area contributed by atoms with Crippen LogP contribution in [0.1, 0.15) is 65.7 Å². The Bertz CT molecular complexity index is 306. The Labute approximate surface area is 135 Å². The fourth-order valence-electron chi connectivity index (χ4n) is 3.26. The minimum atomic E-state index is 0.230. The molecule has 3 nitrogen and oxygen atoms in total. The molecule has 0 aromatic heterocycles. The van der Waals surface area contributed by atoms with Gasteiger partial charge in [-0.05, 0) is 62.7 Å². The van der Waals surface area contributed by atoms with E-state index in [0.717, 1.165) is 30.9 Å². The van der Waals surface area contributed by atoms with Gasteiger partial charge in [-0.25, -0.2) is 0 Å². The van der Waals surface area contributed by atoms with Gasteiger partial charge in [0, 0.05) is 17.7 Å². The highest BCUT2D eigenvalue weighted by atomic mass is 32.2. The van der Waals surface area contributed by atoms with Gasteiger partial charge in [0.1, 0.15) is 0 Å². The molecular weight excluding hydrogens is 280 g/mol. The van der Waals surface area contributed by atoms with Crippen LogP contribution in [0.3, 0.4) is 0 Å². The molecule has 1 atom stereocenters. The minimum Gasteiger partial charge on any atom is -0.353 e. The molecule has 0 aromatic rings. The second-order valence-corrected chi connectivity index (χ2v) is 8.59. The van der Waals surface area contributed by atoms with Crippen molar-refractivity contribution in [1.82, 2.24) is 5.32 Å². The molecule has 1 fully saturated rings. The maximum absolute atomic E-state index is 12.2. The average Bonchev–Trinajstić information content (AvgIpc) is 2.43. The van der Waals surface area contributed by atoms with Gasteiger partial charge in [-0.15, -0.1) is 0 Å². The number of thioether (sulfide) groups is 1. The molecule has 0 aromatic carbocycles. The van der Waals surface area contributed by atoms with Crippen molar-refractivity contribution in [3.8, 4) is 0 Å². The van der Waals surface area contributed by atoms with E-state index in [1.165, 1.54) is 12.8 Å². The van der Waals surface area contributed by atoms with Crippen LogP contribution in [0.4, 0.5) is 0 Å². The first-order valence-electron chi connectivity index (χ1n) is 8.39. The van der Waals surface area contributed by atoms with E-state index in [1.807, 2.05) is 11.8 Å². The summed E-state index contributed by atoms with van der Waals surface area (Å²) < 4.78 is 0. The standard InChI is InChI=1S/C17H34N2OS/c1-17(2,3)13(11-12-18)5-10-16(20)19-14-6-8-15(21-4)9-7-14/h13-15H,5-12,18H2,1-4H3,(H,19,20). The van der Waals surface area contributed by atoms with Crippen LogP contribution >= 0.6 is 11.8 Å². The molecule has 1 unspecified atom stereocenters. The van der Waals surface area contributed by atoms with Crippen molar-refractivity contribution in [3.05, 3.63) is 0 Å². The molecular formula is C17H34N2OS. The summed E-state index contributed by atoms with van der Waals surface area (Å²) in [6.45, 7) is 7.45. The van der Waals surface area contributed by atoms with Crippen LogP contribution < -0.4 is 11.1 Å². The number of hydrogen-bond donors (Lipinski definition) is 2. The first kappa shape index (κ1) is 18.8. The summed E-state index contributed by atoms with van der Waals surface area (Å²) in [5, 5.41) is 4.03. The summed E-state index contributed by atoms with van der Waals surface area (Å²) in [7, 11) is 0. The van der Waals surface area contributed by atoms with Crippen molar-refractivity contribution in [2.75, 3.05) is 12.8 Å². The van der Waals surface area contributed by atoms with Gasteiger partial charge in [-0.1, -0.05) is 20.8 Å². The molecule has 4 heteroatoms. The molecule has 21 heavy (non-hydrogen) atoms. The van der Waals surface area contributed by atoms with Crippen LogP contribution in [0.15, 0.2) is 0 Å². The third-order valence-corrected chi connectivity index (χ3v) is 5.97. The van der Waals surface area contributed by atoms with Gasteiger partial charge < -0.3 is 11.1 Å². The van der Waals surface area contributed by atoms with Crippen LogP contribution in [0.2, 0.25) is 0 Å². The molecule has 1 aliphatic carbocycles. The van der Waals surface area contributed by atoms with Crippen molar-refractivity contribution in [2.45, 2.75) is 77.0 Å². The van der Waals surface area contributed by atoms with Crippen molar-refractivity contribution in [3.63, 3.8) is 0 Å². The number of nitrogens with two attached hydrogens (primary N) is 1. The first-order valence-corrected chi connectivity index (χ1v) is 9.67. The highest BCUT2D eigenvalue weighted by molar-refractivity contribution is 7.99. The monoisotopic (exact) mass is 314 g/mol. The molecule has 0 radical (unpaired) electrons. The molecule has 3 N–H and O–H groups in total. The Hall–Kier alpha value is -0.220. The van der Waals surface area contributed by atoms with Gasteiger partial charge in [0.05, 0.1) is 0 Å². The fraction of sp³-hybridized carbons (Fsp3) is 0.941. The molecule has 0 spiro atoms. The van der Waals surface area contributed by atoms with E-state index in [0.29, 0.717) is 24.9 Å². The highest BCUT2D eigenvalue weighted by Crippen LogP contribution is 2.32. The lowest BCUT2D eigenvalue weighted by molar-refractivity contribution is -0.122. The van der Waals surface area contributed by atoms with Crippen LogP contribution in [0.5, 0.6) is 0 Å². The number of amides is 1. The maximum Gasteiger partial charge on any atom is 0.220 e. The summed E-state index contributed by atoms with van der Waals surface area (Å²) in [4.78, 5) is 12.2. The zero-order chi connectivity index (χ0) is 15.9. The third kappa shape index (κ3) is 7.05. The first-order chi connectivity index (χ1) is 9.86. The molecule has 1 rings (SSSR count). The van der Waals surface area contributed by atoms with Gasteiger partial charge in [-0.3, -0.25) is 4.79 Å². The predicted molar refractivity (Wildman–Crippen MR) is 93.6 cm³/mol. The second kappa shape index (κ2) is 9.04. The molecule has 0 saturated heterocycles. The molecule has 1 amide bonds. The van der Waals surface area contributed by atoms with E-state index in [9.17, 15) is 4.79 Å². The number of hydrogen-bond acceptors (Lipinski definition) is 3. The molecule has 1 saturated carbocycles. The third-order valence-electron chi connectivity index (χ3n) is 4.83. The lowest BCUT2D eigenvalue weighted by Gasteiger charge is -2.31. The quantitative estimate of drug-likeness (QED) is 0.755. The molecule has 1 aliphatic rings. The Morgan fingerprint density at radius 2 is 1.86 bits per heavy atom. The van der Waals surface area contributed by atoms with Crippen molar-refractivity contribution < 1.29 is 4.79 Å². The van der Waals surface area contributed by atoms with E-state index in [2.05, 4.69) is 32.3 Å². The van der Waals surface area contributed by atoms with E-state index in [-0.39, 0.29) is 11.3 Å². The zero-order valence-corrected chi connectivity index (χ0v) is 15.1. The van der Waals surface area contributed by atoms with E-state index in [1.54, 1.807) is 0 Å². The predicted octanol–water partition coefficient (Wildman–Crippen LogP) is 3.57. The molecule has 0 aliphatic heterocycles. The summed E-state index contributed by atoms with van der Waals surface area (Å²) in [5.41, 5.74) is 5.94. The van der Waals surface area contributed by atoms with Crippen molar-refractivity contribution in [2.24, 2.45) is 17.1 Å². The lowest BCUT2D eigenvalue weighted by atomic mass is 9.76. The van der Waals surface area contributed by atoms with Crippen molar-refractivity contribution in [1.29, 1.82) is 0 Å². The summed E-state index contributed by atoms with van der Waals surface area (Å²) in [6.07, 6.45) is 9.56. The number of carbonyl (C=O) groups excluding carboxylic acids is 1. The largest absolute Gasteiger partial charge is 0.353 e. The van der Waals surface area contributed by atoms with E-state index in [4.69, 9.17) is 5.73 Å². The fourth-order valence-corrected chi connectivity index (χ4v) is 4.00. The molecule has 124 valence electrons. The lowest BCUT2D eigenvalue weighted by Crippen LogP contribution is -2.38. The second-order valence-electron chi connectivity index (χ2n) is 7.46. The van der Waals surface area contributed by atoms with Crippen LogP contribution in [0.25, 0.3) is 0 Å². The summed E-state index contributed by atoms with van der Waals surface area (Å²) in [6, 6.07) is 0.406. The van der Waals surface area contributed by atoms with Crippen LogP contribution in [-0.2, 0) is 4.79 Å². The van der Waals surface area contributed by atoms with Gasteiger partial charge >= 0.3 is 0 Å². The molecule has 0 bridgehead atoms. The van der Waals surface area contributed by atoms with E-state index < -0.39 is 0 Å². The smallest absolute Gasteiger partial charge is 0.220 e. The highest BCUT2D eigenvalue weighted by Gasteiger charge is 2.25. The minimum absolute atomic E-state index is 0.230. The number of rotatable bonds is 7. The van der Waals surface area contributed by atoms with Crippen LogP contribution in [-0.4, -0.2) is 30.0 Å². The van der Waals surface area contributed by atoms with Gasteiger partial charge in [0.15, 0.2) is 0 Å². The van der Waals surface area contributed by atoms with Gasteiger partial charge in [0.25, 0.3) is 0 Å². The van der Waals surface area contributed by atoms with Gasteiger partial charge in [-0.2, -0.15) is 11.8 Å². The number of nitrogens with one attached hydrogen (secondary N) is 1. The average molecular weight is 315 g/mol. The normalized spacial score (nSPS) is 24.6.